The minimum Gasteiger partial charge on any atom is -0.376 e. The lowest BCUT2D eigenvalue weighted by Gasteiger charge is -2.22. The van der Waals surface area contributed by atoms with Gasteiger partial charge in [0.25, 0.3) is 0 Å². The van der Waals surface area contributed by atoms with Gasteiger partial charge >= 0.3 is 0 Å². The number of aromatic nitrogens is 2. The van der Waals surface area contributed by atoms with Crippen molar-refractivity contribution in [1.29, 1.82) is 0 Å². The van der Waals surface area contributed by atoms with Crippen molar-refractivity contribution in [1.82, 2.24) is 9.97 Å². The third-order valence-electron chi connectivity index (χ3n) is 2.81. The predicted molar refractivity (Wildman–Crippen MR) is 64.0 cm³/mol. The van der Waals surface area contributed by atoms with Crippen LogP contribution >= 0.6 is 11.6 Å². The number of hydrogen-bond acceptors (Lipinski definition) is 4. The summed E-state index contributed by atoms with van der Waals surface area (Å²) in [6.45, 7) is 7.21. The molecule has 0 aromatic carbocycles. The lowest BCUT2D eigenvalue weighted by Crippen LogP contribution is -2.26. The zero-order chi connectivity index (χ0) is 11.5. The number of anilines is 1. The van der Waals surface area contributed by atoms with Crippen LogP contribution in [0.4, 0.5) is 5.95 Å². The zero-order valence-corrected chi connectivity index (χ0v) is 10.4. The van der Waals surface area contributed by atoms with Gasteiger partial charge in [0.2, 0.25) is 5.95 Å². The molecule has 0 amide bonds. The molecule has 4 nitrogen and oxygen atoms in total. The molecule has 0 aliphatic carbocycles. The van der Waals surface area contributed by atoms with Gasteiger partial charge in [-0.15, -0.1) is 0 Å². The predicted octanol–water partition coefficient (Wildman–Crippen LogP) is 2.05. The van der Waals surface area contributed by atoms with E-state index < -0.39 is 0 Å². The Balaban J connectivity index is 2.38. The maximum atomic E-state index is 6.15. The summed E-state index contributed by atoms with van der Waals surface area (Å²) in [6, 6.07) is 0. The van der Waals surface area contributed by atoms with Gasteiger partial charge in [0.05, 0.1) is 18.9 Å². The molecule has 0 atom stereocenters. The second-order valence-corrected chi connectivity index (χ2v) is 4.07. The minimum atomic E-state index is 0.534. The highest BCUT2D eigenvalue weighted by atomic mass is 35.5. The summed E-state index contributed by atoms with van der Waals surface area (Å²) < 4.78 is 5.35. The molecule has 0 fully saturated rings. The molecule has 2 rings (SSSR count). The fourth-order valence-electron chi connectivity index (χ4n) is 1.83. The number of halogens is 1. The molecule has 0 N–H and O–H groups in total. The van der Waals surface area contributed by atoms with Gasteiger partial charge in [-0.25, -0.2) is 9.97 Å². The lowest BCUT2D eigenvalue weighted by atomic mass is 10.1. The average Bonchev–Trinajstić information content (AvgIpc) is 2.31. The summed E-state index contributed by atoms with van der Waals surface area (Å²) in [7, 11) is 0. The van der Waals surface area contributed by atoms with E-state index in [4.69, 9.17) is 16.3 Å². The first-order valence-electron chi connectivity index (χ1n) is 5.64. The highest BCUT2D eigenvalue weighted by Crippen LogP contribution is 2.24. The SMILES string of the molecule is CCN(CC)c1nc(Cl)c2c(n1)CCOC2. The first kappa shape index (κ1) is 11.6. The molecule has 5 heteroatoms. The van der Waals surface area contributed by atoms with E-state index in [9.17, 15) is 0 Å². The Bertz CT molecular complexity index is 380. The van der Waals surface area contributed by atoms with E-state index in [-0.39, 0.29) is 0 Å². The largest absolute Gasteiger partial charge is 0.376 e. The molecule has 1 aliphatic rings. The molecule has 88 valence electrons. The van der Waals surface area contributed by atoms with Crippen LogP contribution in [-0.2, 0) is 17.8 Å². The quantitative estimate of drug-likeness (QED) is 0.760. The summed E-state index contributed by atoms with van der Waals surface area (Å²) in [4.78, 5) is 11.0. The van der Waals surface area contributed by atoms with Crippen LogP contribution in [0.25, 0.3) is 0 Å². The first-order valence-corrected chi connectivity index (χ1v) is 6.02. The van der Waals surface area contributed by atoms with Crippen LogP contribution in [-0.4, -0.2) is 29.7 Å². The van der Waals surface area contributed by atoms with Crippen LogP contribution < -0.4 is 4.90 Å². The molecular formula is C11H16ClN3O. The number of nitrogens with zero attached hydrogens (tertiary/aromatic N) is 3. The van der Waals surface area contributed by atoms with Crippen molar-refractivity contribution in [2.24, 2.45) is 0 Å². The van der Waals surface area contributed by atoms with Crippen LogP contribution in [0, 0.1) is 0 Å². The molecule has 1 aromatic heterocycles. The van der Waals surface area contributed by atoms with Crippen LogP contribution in [0.2, 0.25) is 5.15 Å². The fraction of sp³-hybridized carbons (Fsp3) is 0.636. The van der Waals surface area contributed by atoms with Crippen molar-refractivity contribution >= 4 is 17.5 Å². The van der Waals surface area contributed by atoms with Crippen molar-refractivity contribution in [2.75, 3.05) is 24.6 Å². The van der Waals surface area contributed by atoms with E-state index in [0.717, 1.165) is 43.3 Å². The highest BCUT2D eigenvalue weighted by Gasteiger charge is 2.18. The number of ether oxygens (including phenoxy) is 1. The summed E-state index contributed by atoms with van der Waals surface area (Å²) >= 11 is 6.15. The summed E-state index contributed by atoms with van der Waals surface area (Å²) in [5.74, 6) is 0.732. The zero-order valence-electron chi connectivity index (χ0n) is 9.66. The smallest absolute Gasteiger partial charge is 0.226 e. The molecule has 16 heavy (non-hydrogen) atoms. The Labute approximate surface area is 101 Å². The summed E-state index contributed by atoms with van der Waals surface area (Å²) in [6.07, 6.45) is 0.825. The fourth-order valence-corrected chi connectivity index (χ4v) is 2.07. The summed E-state index contributed by atoms with van der Waals surface area (Å²) in [5.41, 5.74) is 1.98. The maximum Gasteiger partial charge on any atom is 0.226 e. The Hall–Kier alpha value is -0.870. The van der Waals surface area contributed by atoms with Crippen LogP contribution in [0.3, 0.4) is 0 Å². The Morgan fingerprint density at radius 3 is 2.75 bits per heavy atom. The average molecular weight is 242 g/mol. The summed E-state index contributed by atoms with van der Waals surface area (Å²) in [5, 5.41) is 0.534. The molecule has 0 radical (unpaired) electrons. The van der Waals surface area contributed by atoms with Gasteiger partial charge in [0.15, 0.2) is 0 Å². The van der Waals surface area contributed by atoms with Crippen molar-refractivity contribution in [3.63, 3.8) is 0 Å². The normalized spacial score (nSPS) is 14.7. The van der Waals surface area contributed by atoms with E-state index in [2.05, 4.69) is 28.7 Å². The van der Waals surface area contributed by atoms with Gasteiger partial charge in [-0.3, -0.25) is 0 Å². The number of rotatable bonds is 3. The van der Waals surface area contributed by atoms with Crippen molar-refractivity contribution < 1.29 is 4.74 Å². The van der Waals surface area contributed by atoms with E-state index in [1.165, 1.54) is 0 Å². The van der Waals surface area contributed by atoms with E-state index in [1.54, 1.807) is 0 Å². The van der Waals surface area contributed by atoms with E-state index in [0.29, 0.717) is 11.8 Å². The lowest BCUT2D eigenvalue weighted by molar-refractivity contribution is 0.109. The molecular weight excluding hydrogens is 226 g/mol. The first-order chi connectivity index (χ1) is 7.76. The van der Waals surface area contributed by atoms with Crippen LogP contribution in [0.5, 0.6) is 0 Å². The molecule has 1 aromatic rings. The Kier molecular flexibility index (Phi) is 3.61. The van der Waals surface area contributed by atoms with Crippen molar-refractivity contribution in [2.45, 2.75) is 26.9 Å². The van der Waals surface area contributed by atoms with Gasteiger partial charge in [0, 0.05) is 25.1 Å². The van der Waals surface area contributed by atoms with Gasteiger partial charge < -0.3 is 9.64 Å². The maximum absolute atomic E-state index is 6.15. The third-order valence-corrected chi connectivity index (χ3v) is 3.12. The second kappa shape index (κ2) is 4.97. The second-order valence-electron chi connectivity index (χ2n) is 3.71. The van der Waals surface area contributed by atoms with Crippen LogP contribution in [0.1, 0.15) is 25.1 Å². The number of fused-ring (bicyclic) bond motifs is 1. The van der Waals surface area contributed by atoms with Crippen LogP contribution in [0.15, 0.2) is 0 Å². The van der Waals surface area contributed by atoms with Gasteiger partial charge in [0.1, 0.15) is 5.15 Å². The molecule has 1 aliphatic heterocycles. The van der Waals surface area contributed by atoms with Crippen molar-refractivity contribution in [3.05, 3.63) is 16.4 Å². The Morgan fingerprint density at radius 1 is 1.31 bits per heavy atom. The third kappa shape index (κ3) is 2.13. The van der Waals surface area contributed by atoms with Gasteiger partial charge in [-0.2, -0.15) is 0 Å². The topological polar surface area (TPSA) is 38.2 Å². The minimum absolute atomic E-state index is 0.534. The number of hydrogen-bond donors (Lipinski definition) is 0. The van der Waals surface area contributed by atoms with Gasteiger partial charge in [-0.1, -0.05) is 11.6 Å². The molecule has 0 unspecified atom stereocenters. The Morgan fingerprint density at radius 2 is 2.06 bits per heavy atom. The standard InChI is InChI=1S/C11H16ClN3O/c1-3-15(4-2)11-13-9-5-6-16-7-8(9)10(12)14-11/h3-7H2,1-2H3. The van der Waals surface area contributed by atoms with Gasteiger partial charge in [-0.05, 0) is 13.8 Å². The molecule has 0 saturated heterocycles. The molecule has 0 spiro atoms. The monoisotopic (exact) mass is 241 g/mol. The molecule has 0 saturated carbocycles. The van der Waals surface area contributed by atoms with Crippen molar-refractivity contribution in [3.8, 4) is 0 Å². The van der Waals surface area contributed by atoms with E-state index in [1.807, 2.05) is 0 Å². The van der Waals surface area contributed by atoms with E-state index >= 15 is 0 Å². The highest BCUT2D eigenvalue weighted by molar-refractivity contribution is 6.30. The molecule has 2 heterocycles. The molecule has 0 bridgehead atoms.